The van der Waals surface area contributed by atoms with Crippen LogP contribution >= 0.6 is 0 Å². The van der Waals surface area contributed by atoms with Crippen LogP contribution in [0.2, 0.25) is 0 Å². The molecule has 1 aliphatic carbocycles. The molecule has 0 atom stereocenters. The molecule has 6 heteroatoms. The summed E-state index contributed by atoms with van der Waals surface area (Å²) in [6.45, 7) is 5.79. The first-order chi connectivity index (χ1) is 12.8. The number of likely N-dealkylation sites (N-methyl/N-ethyl adjacent to an activating group) is 1. The monoisotopic (exact) mass is 369 g/mol. The number of nitrogens with zero attached hydrogens (tertiary/aromatic N) is 3. The maximum Gasteiger partial charge on any atom is 0.338 e. The standard InChI is InChI=1S/C21H27N3O3/c1-13-5-8-17(9-6-13)24(4)20(25)12-27-21(26)16-7-10-18-19(11-16)23-15(3)14(2)22-18/h7,10-11,13,17H,5-6,8-9,12H2,1-4H3. The van der Waals surface area contributed by atoms with E-state index in [4.69, 9.17) is 4.74 Å². The molecule has 6 nitrogen and oxygen atoms in total. The number of fused-ring (bicyclic) bond motifs is 1. The second-order valence-electron chi connectivity index (χ2n) is 7.59. The van der Waals surface area contributed by atoms with E-state index in [9.17, 15) is 9.59 Å². The zero-order valence-corrected chi connectivity index (χ0v) is 16.5. The molecule has 2 aromatic rings. The van der Waals surface area contributed by atoms with Gasteiger partial charge in [-0.3, -0.25) is 4.79 Å². The lowest BCUT2D eigenvalue weighted by molar-refractivity contribution is -0.136. The normalized spacial score (nSPS) is 19.7. The van der Waals surface area contributed by atoms with Gasteiger partial charge in [-0.25, -0.2) is 14.8 Å². The van der Waals surface area contributed by atoms with Crippen molar-refractivity contribution in [1.29, 1.82) is 0 Å². The Balaban J connectivity index is 1.61. The SMILES string of the molecule is Cc1nc2ccc(C(=O)OCC(=O)N(C)C3CCC(C)CC3)cc2nc1C. The van der Waals surface area contributed by atoms with Gasteiger partial charge in [0, 0.05) is 13.1 Å². The van der Waals surface area contributed by atoms with E-state index in [2.05, 4.69) is 16.9 Å². The van der Waals surface area contributed by atoms with E-state index in [1.165, 1.54) is 0 Å². The molecule has 1 aliphatic rings. The van der Waals surface area contributed by atoms with Gasteiger partial charge in [0.25, 0.3) is 5.91 Å². The summed E-state index contributed by atoms with van der Waals surface area (Å²) in [5.41, 5.74) is 3.45. The third-order valence-corrected chi connectivity index (χ3v) is 5.56. The highest BCUT2D eigenvalue weighted by Gasteiger charge is 2.25. The van der Waals surface area contributed by atoms with Crippen molar-refractivity contribution in [2.45, 2.75) is 52.5 Å². The first-order valence-corrected chi connectivity index (χ1v) is 9.53. The van der Waals surface area contributed by atoms with E-state index in [1.54, 1.807) is 30.1 Å². The Bertz CT molecular complexity index is 857. The fourth-order valence-electron chi connectivity index (χ4n) is 3.50. The zero-order valence-electron chi connectivity index (χ0n) is 16.5. The number of hydrogen-bond donors (Lipinski definition) is 0. The van der Waals surface area contributed by atoms with Crippen molar-refractivity contribution in [3.63, 3.8) is 0 Å². The number of benzene rings is 1. The highest BCUT2D eigenvalue weighted by molar-refractivity contribution is 5.94. The van der Waals surface area contributed by atoms with Gasteiger partial charge in [0.15, 0.2) is 6.61 Å². The predicted octanol–water partition coefficient (Wildman–Crippen LogP) is 3.44. The average molecular weight is 369 g/mol. The maximum absolute atomic E-state index is 12.4. The summed E-state index contributed by atoms with van der Waals surface area (Å²) in [6, 6.07) is 5.32. The maximum atomic E-state index is 12.4. The number of aryl methyl sites for hydroxylation is 2. The predicted molar refractivity (Wildman–Crippen MR) is 103 cm³/mol. The molecular weight excluding hydrogens is 342 g/mol. The van der Waals surface area contributed by atoms with Crippen LogP contribution in [-0.2, 0) is 9.53 Å². The summed E-state index contributed by atoms with van der Waals surface area (Å²) in [5, 5.41) is 0. The zero-order chi connectivity index (χ0) is 19.6. The molecular formula is C21H27N3O3. The van der Waals surface area contributed by atoms with Crippen molar-refractivity contribution in [2.24, 2.45) is 5.92 Å². The molecule has 1 amide bonds. The van der Waals surface area contributed by atoms with E-state index >= 15 is 0 Å². The van der Waals surface area contributed by atoms with Crippen LogP contribution in [0, 0.1) is 19.8 Å². The van der Waals surface area contributed by atoms with Crippen LogP contribution < -0.4 is 0 Å². The Hall–Kier alpha value is -2.50. The fourth-order valence-corrected chi connectivity index (χ4v) is 3.50. The summed E-state index contributed by atoms with van der Waals surface area (Å²) < 4.78 is 5.25. The number of esters is 1. The van der Waals surface area contributed by atoms with Gasteiger partial charge in [0.1, 0.15) is 0 Å². The third-order valence-electron chi connectivity index (χ3n) is 5.56. The van der Waals surface area contributed by atoms with E-state index in [1.807, 2.05) is 13.8 Å². The lowest BCUT2D eigenvalue weighted by Crippen LogP contribution is -2.41. The minimum Gasteiger partial charge on any atom is -0.452 e. The van der Waals surface area contributed by atoms with Crippen LogP contribution in [-0.4, -0.2) is 46.4 Å². The molecule has 0 unspecified atom stereocenters. The Labute approximate surface area is 159 Å². The topological polar surface area (TPSA) is 72.4 Å². The number of amides is 1. The average Bonchev–Trinajstić information content (AvgIpc) is 2.66. The molecule has 1 fully saturated rings. The van der Waals surface area contributed by atoms with Gasteiger partial charge in [0.2, 0.25) is 0 Å². The number of carbonyl (C=O) groups excluding carboxylic acids is 2. The number of aromatic nitrogens is 2. The Morgan fingerprint density at radius 1 is 1.07 bits per heavy atom. The number of hydrogen-bond acceptors (Lipinski definition) is 5. The van der Waals surface area contributed by atoms with Crippen molar-refractivity contribution >= 4 is 22.9 Å². The van der Waals surface area contributed by atoms with Crippen molar-refractivity contribution < 1.29 is 14.3 Å². The summed E-state index contributed by atoms with van der Waals surface area (Å²) in [4.78, 5) is 35.4. The van der Waals surface area contributed by atoms with Gasteiger partial charge in [0.05, 0.1) is 28.0 Å². The van der Waals surface area contributed by atoms with Crippen LogP contribution in [0.15, 0.2) is 18.2 Å². The second kappa shape index (κ2) is 8.03. The van der Waals surface area contributed by atoms with Gasteiger partial charge in [-0.2, -0.15) is 0 Å². The molecule has 3 rings (SSSR count). The third kappa shape index (κ3) is 4.43. The van der Waals surface area contributed by atoms with Gasteiger partial charge >= 0.3 is 5.97 Å². The van der Waals surface area contributed by atoms with Crippen molar-refractivity contribution in [1.82, 2.24) is 14.9 Å². The molecule has 0 saturated heterocycles. The fraction of sp³-hybridized carbons (Fsp3) is 0.524. The van der Waals surface area contributed by atoms with E-state index in [0.29, 0.717) is 11.1 Å². The molecule has 0 aliphatic heterocycles. The molecule has 1 aromatic carbocycles. The molecule has 0 N–H and O–H groups in total. The van der Waals surface area contributed by atoms with E-state index in [0.717, 1.165) is 48.5 Å². The number of rotatable bonds is 4. The van der Waals surface area contributed by atoms with Crippen LogP contribution in [0.4, 0.5) is 0 Å². The molecule has 27 heavy (non-hydrogen) atoms. The molecule has 0 bridgehead atoms. The summed E-state index contributed by atoms with van der Waals surface area (Å²) in [6.07, 6.45) is 4.30. The molecule has 0 radical (unpaired) electrons. The number of carbonyl (C=O) groups is 2. The first-order valence-electron chi connectivity index (χ1n) is 9.53. The van der Waals surface area contributed by atoms with Gasteiger partial charge < -0.3 is 9.64 Å². The summed E-state index contributed by atoms with van der Waals surface area (Å²) in [7, 11) is 1.80. The van der Waals surface area contributed by atoms with Gasteiger partial charge in [-0.1, -0.05) is 6.92 Å². The molecule has 144 valence electrons. The van der Waals surface area contributed by atoms with Gasteiger partial charge in [-0.05, 0) is 63.6 Å². The van der Waals surface area contributed by atoms with Crippen LogP contribution in [0.3, 0.4) is 0 Å². The quantitative estimate of drug-likeness (QED) is 0.772. The van der Waals surface area contributed by atoms with Crippen molar-refractivity contribution in [2.75, 3.05) is 13.7 Å². The smallest absolute Gasteiger partial charge is 0.338 e. The Kier molecular flexibility index (Phi) is 5.73. The van der Waals surface area contributed by atoms with E-state index in [-0.39, 0.29) is 18.6 Å². The minimum atomic E-state index is -0.518. The molecule has 0 spiro atoms. The molecule has 1 saturated carbocycles. The van der Waals surface area contributed by atoms with E-state index < -0.39 is 5.97 Å². The highest BCUT2D eigenvalue weighted by Crippen LogP contribution is 2.26. The second-order valence-corrected chi connectivity index (χ2v) is 7.59. The van der Waals surface area contributed by atoms with Gasteiger partial charge in [-0.15, -0.1) is 0 Å². The van der Waals surface area contributed by atoms with Crippen LogP contribution in [0.1, 0.15) is 54.4 Å². The van der Waals surface area contributed by atoms with Crippen LogP contribution in [0.25, 0.3) is 11.0 Å². The Morgan fingerprint density at radius 2 is 1.70 bits per heavy atom. The summed E-state index contributed by atoms with van der Waals surface area (Å²) in [5.74, 6) is 0.0527. The largest absolute Gasteiger partial charge is 0.452 e. The summed E-state index contributed by atoms with van der Waals surface area (Å²) >= 11 is 0. The van der Waals surface area contributed by atoms with Crippen molar-refractivity contribution in [3.8, 4) is 0 Å². The lowest BCUT2D eigenvalue weighted by atomic mass is 9.87. The Morgan fingerprint density at radius 3 is 2.37 bits per heavy atom. The lowest BCUT2D eigenvalue weighted by Gasteiger charge is -2.33. The molecule has 1 heterocycles. The van der Waals surface area contributed by atoms with Crippen molar-refractivity contribution in [3.05, 3.63) is 35.2 Å². The molecule has 1 aromatic heterocycles. The van der Waals surface area contributed by atoms with Crippen LogP contribution in [0.5, 0.6) is 0 Å². The highest BCUT2D eigenvalue weighted by atomic mass is 16.5. The number of ether oxygens (including phenoxy) is 1. The first kappa shape index (κ1) is 19.3. The minimum absolute atomic E-state index is 0.157.